The van der Waals surface area contributed by atoms with Gasteiger partial charge in [0.05, 0.1) is 13.2 Å². The van der Waals surface area contributed by atoms with Crippen LogP contribution in [-0.2, 0) is 24.4 Å². The average Bonchev–Trinajstić information content (AvgIpc) is 2.70. The first-order valence-corrected chi connectivity index (χ1v) is 9.91. The predicted octanol–water partition coefficient (Wildman–Crippen LogP) is 5.20. The van der Waals surface area contributed by atoms with Gasteiger partial charge in [0.1, 0.15) is 0 Å². The normalized spacial score (nSPS) is 12.2. The highest BCUT2D eigenvalue weighted by molar-refractivity contribution is 7.81. The van der Waals surface area contributed by atoms with Crippen LogP contribution in [-0.4, -0.2) is 23.3 Å². The second-order valence-electron chi connectivity index (χ2n) is 6.80. The van der Waals surface area contributed by atoms with Crippen molar-refractivity contribution in [2.24, 2.45) is 0 Å². The molecule has 0 spiro atoms. The van der Waals surface area contributed by atoms with Crippen molar-refractivity contribution in [1.29, 1.82) is 0 Å². The maximum absolute atomic E-state index is 5.88. The van der Waals surface area contributed by atoms with E-state index in [4.69, 9.17) is 17.4 Å². The van der Waals surface area contributed by atoms with E-state index in [1.54, 1.807) is 0 Å². The number of ether oxygens (including phenoxy) is 1. The Morgan fingerprint density at radius 3 is 1.59 bits per heavy atom. The molecule has 3 aromatic carbocycles. The first-order chi connectivity index (χ1) is 13.3. The highest BCUT2D eigenvalue weighted by Gasteiger charge is 2.13. The molecule has 27 heavy (non-hydrogen) atoms. The first kappa shape index (κ1) is 19.7. The molecule has 3 aromatic rings. The van der Waals surface area contributed by atoms with Gasteiger partial charge in [-0.3, -0.25) is 4.90 Å². The number of benzene rings is 3. The van der Waals surface area contributed by atoms with Crippen molar-refractivity contribution in [3.63, 3.8) is 0 Å². The Kier molecular flexibility index (Phi) is 7.97. The largest absolute Gasteiger partial charge is 0.376 e. The minimum absolute atomic E-state index is 0.168. The zero-order valence-electron chi connectivity index (χ0n) is 15.6. The maximum Gasteiger partial charge on any atom is 0.0717 e. The van der Waals surface area contributed by atoms with E-state index in [0.29, 0.717) is 13.2 Å². The molecule has 0 amide bonds. The van der Waals surface area contributed by atoms with E-state index < -0.39 is 0 Å². The van der Waals surface area contributed by atoms with Gasteiger partial charge < -0.3 is 4.74 Å². The summed E-state index contributed by atoms with van der Waals surface area (Å²) in [5.74, 6) is 0. The van der Waals surface area contributed by atoms with Gasteiger partial charge in [-0.15, -0.1) is 0 Å². The third-order valence-electron chi connectivity index (χ3n) is 4.39. The van der Waals surface area contributed by atoms with Crippen LogP contribution < -0.4 is 0 Å². The van der Waals surface area contributed by atoms with Crippen LogP contribution in [0.3, 0.4) is 0 Å². The second-order valence-corrected chi connectivity index (χ2v) is 7.53. The maximum atomic E-state index is 5.88. The van der Waals surface area contributed by atoms with Gasteiger partial charge in [0, 0.05) is 24.9 Å². The Morgan fingerprint density at radius 2 is 1.11 bits per heavy atom. The van der Waals surface area contributed by atoms with Gasteiger partial charge in [0.25, 0.3) is 0 Å². The molecule has 0 saturated heterocycles. The van der Waals surface area contributed by atoms with Crippen LogP contribution in [0.5, 0.6) is 0 Å². The molecule has 1 atom stereocenters. The van der Waals surface area contributed by atoms with Gasteiger partial charge in [-0.2, -0.15) is 12.6 Å². The summed E-state index contributed by atoms with van der Waals surface area (Å²) in [5, 5.41) is 0.168. The van der Waals surface area contributed by atoms with Crippen molar-refractivity contribution in [1.82, 2.24) is 4.90 Å². The van der Waals surface area contributed by atoms with E-state index in [9.17, 15) is 0 Å². The quantitative estimate of drug-likeness (QED) is 0.487. The Morgan fingerprint density at radius 1 is 0.667 bits per heavy atom. The standard InChI is InChI=1S/C24H27NOS/c27-24(20-26-19-23-14-8-3-9-15-23)18-25(16-21-10-4-1-5-11-21)17-22-12-6-2-7-13-22/h1-15,24,27H,16-20H2. The van der Waals surface area contributed by atoms with E-state index in [1.807, 2.05) is 18.2 Å². The highest BCUT2D eigenvalue weighted by atomic mass is 32.1. The Labute approximate surface area is 168 Å². The van der Waals surface area contributed by atoms with E-state index in [-0.39, 0.29) is 5.25 Å². The molecule has 3 rings (SSSR count). The molecule has 0 radical (unpaired) electrons. The summed E-state index contributed by atoms with van der Waals surface area (Å²) in [4.78, 5) is 2.44. The third kappa shape index (κ3) is 7.22. The van der Waals surface area contributed by atoms with Crippen molar-refractivity contribution in [3.05, 3.63) is 108 Å². The summed E-state index contributed by atoms with van der Waals surface area (Å²) in [7, 11) is 0. The molecule has 0 heterocycles. The summed E-state index contributed by atoms with van der Waals surface area (Å²) in [6.45, 7) is 3.96. The van der Waals surface area contributed by atoms with Gasteiger partial charge in [-0.1, -0.05) is 91.0 Å². The Balaban J connectivity index is 1.54. The monoisotopic (exact) mass is 377 g/mol. The van der Waals surface area contributed by atoms with Crippen LogP contribution in [0.25, 0.3) is 0 Å². The molecular formula is C24H27NOS. The predicted molar refractivity (Wildman–Crippen MR) is 116 cm³/mol. The lowest BCUT2D eigenvalue weighted by Crippen LogP contribution is -2.31. The molecule has 3 heteroatoms. The molecule has 0 N–H and O–H groups in total. The summed E-state index contributed by atoms with van der Waals surface area (Å²) in [6, 6.07) is 31.5. The smallest absolute Gasteiger partial charge is 0.0717 e. The number of nitrogens with zero attached hydrogens (tertiary/aromatic N) is 1. The minimum Gasteiger partial charge on any atom is -0.376 e. The van der Waals surface area contributed by atoms with Gasteiger partial charge in [0.15, 0.2) is 0 Å². The third-order valence-corrected chi connectivity index (χ3v) is 4.70. The fourth-order valence-corrected chi connectivity index (χ4v) is 3.44. The SMILES string of the molecule is SC(COCc1ccccc1)CN(Cc1ccccc1)Cc1ccccc1. The van der Waals surface area contributed by atoms with Crippen molar-refractivity contribution >= 4 is 12.6 Å². The van der Waals surface area contributed by atoms with Crippen LogP contribution in [0.4, 0.5) is 0 Å². The van der Waals surface area contributed by atoms with Crippen molar-refractivity contribution in [3.8, 4) is 0 Å². The van der Waals surface area contributed by atoms with Crippen LogP contribution in [0.15, 0.2) is 91.0 Å². The zero-order valence-corrected chi connectivity index (χ0v) is 16.5. The molecule has 0 aliphatic heterocycles. The summed E-state index contributed by atoms with van der Waals surface area (Å²) < 4.78 is 5.88. The summed E-state index contributed by atoms with van der Waals surface area (Å²) >= 11 is 4.78. The molecule has 0 fully saturated rings. The van der Waals surface area contributed by atoms with E-state index in [2.05, 4.69) is 77.7 Å². The number of hydrogen-bond donors (Lipinski definition) is 1. The number of thiol groups is 1. The summed E-state index contributed by atoms with van der Waals surface area (Å²) in [5.41, 5.74) is 3.83. The molecule has 2 nitrogen and oxygen atoms in total. The lowest BCUT2D eigenvalue weighted by molar-refractivity contribution is 0.111. The van der Waals surface area contributed by atoms with Crippen LogP contribution in [0.1, 0.15) is 16.7 Å². The van der Waals surface area contributed by atoms with Crippen molar-refractivity contribution in [2.45, 2.75) is 24.9 Å². The molecule has 0 aliphatic rings. The van der Waals surface area contributed by atoms with Crippen molar-refractivity contribution < 1.29 is 4.74 Å². The molecular weight excluding hydrogens is 350 g/mol. The molecule has 140 valence electrons. The second kappa shape index (κ2) is 10.9. The van der Waals surface area contributed by atoms with Gasteiger partial charge in [-0.05, 0) is 16.7 Å². The fraction of sp³-hybridized carbons (Fsp3) is 0.250. The first-order valence-electron chi connectivity index (χ1n) is 9.39. The number of hydrogen-bond acceptors (Lipinski definition) is 3. The van der Waals surface area contributed by atoms with E-state index >= 15 is 0 Å². The number of rotatable bonds is 10. The zero-order chi connectivity index (χ0) is 18.7. The Bertz CT molecular complexity index is 723. The Hall–Kier alpha value is -2.07. The topological polar surface area (TPSA) is 12.5 Å². The van der Waals surface area contributed by atoms with E-state index in [1.165, 1.54) is 16.7 Å². The molecule has 0 bridgehead atoms. The minimum atomic E-state index is 0.168. The molecule has 1 unspecified atom stereocenters. The van der Waals surface area contributed by atoms with E-state index in [0.717, 1.165) is 19.6 Å². The van der Waals surface area contributed by atoms with Crippen molar-refractivity contribution in [2.75, 3.05) is 13.2 Å². The van der Waals surface area contributed by atoms with Gasteiger partial charge >= 0.3 is 0 Å². The average molecular weight is 378 g/mol. The lowest BCUT2D eigenvalue weighted by Gasteiger charge is -2.25. The van der Waals surface area contributed by atoms with Crippen LogP contribution >= 0.6 is 12.6 Å². The summed E-state index contributed by atoms with van der Waals surface area (Å²) in [6.07, 6.45) is 0. The fourth-order valence-electron chi connectivity index (χ4n) is 3.11. The highest BCUT2D eigenvalue weighted by Crippen LogP contribution is 2.13. The van der Waals surface area contributed by atoms with Crippen LogP contribution in [0.2, 0.25) is 0 Å². The van der Waals surface area contributed by atoms with Crippen LogP contribution in [0, 0.1) is 0 Å². The van der Waals surface area contributed by atoms with Gasteiger partial charge in [-0.25, -0.2) is 0 Å². The molecule has 0 aliphatic carbocycles. The van der Waals surface area contributed by atoms with Gasteiger partial charge in [0.2, 0.25) is 0 Å². The lowest BCUT2D eigenvalue weighted by atomic mass is 10.1. The molecule has 0 aromatic heterocycles. The molecule has 0 saturated carbocycles.